The molecule has 9 nitrogen and oxygen atoms in total. The Hall–Kier alpha value is -3.95. The number of hydrogen-bond donors (Lipinski definition) is 1. The smallest absolute Gasteiger partial charge is 0.410 e. The van der Waals surface area contributed by atoms with Gasteiger partial charge < -0.3 is 14.5 Å². The summed E-state index contributed by atoms with van der Waals surface area (Å²) in [6, 6.07) is 10.5. The van der Waals surface area contributed by atoms with Crippen LogP contribution in [-0.4, -0.2) is 63.1 Å². The van der Waals surface area contributed by atoms with Gasteiger partial charge >= 0.3 is 11.8 Å². The molecule has 1 saturated heterocycles. The van der Waals surface area contributed by atoms with Gasteiger partial charge in [-0.3, -0.25) is 19.1 Å². The number of ether oxygens (including phenoxy) is 1. The first-order valence-electron chi connectivity index (χ1n) is 11.7. The Balaban J connectivity index is 1.55. The van der Waals surface area contributed by atoms with Crippen LogP contribution in [0.3, 0.4) is 0 Å². The van der Waals surface area contributed by atoms with E-state index in [-0.39, 0.29) is 24.7 Å². The Bertz CT molecular complexity index is 1440. The molecule has 1 aliphatic heterocycles. The minimum Gasteiger partial charge on any atom is -0.444 e. The summed E-state index contributed by atoms with van der Waals surface area (Å²) in [5, 5.41) is 0.353. The first-order valence-corrected chi connectivity index (χ1v) is 11.7. The number of benzene rings is 2. The molecule has 2 aromatic carbocycles. The normalized spacial score (nSPS) is 15.8. The van der Waals surface area contributed by atoms with E-state index in [1.807, 2.05) is 0 Å². The van der Waals surface area contributed by atoms with E-state index in [1.165, 1.54) is 27.7 Å². The van der Waals surface area contributed by atoms with Crippen LogP contribution in [0, 0.1) is 5.82 Å². The van der Waals surface area contributed by atoms with Gasteiger partial charge in [-0.25, -0.2) is 14.0 Å². The van der Waals surface area contributed by atoms with Crippen molar-refractivity contribution in [3.05, 3.63) is 80.2 Å². The summed E-state index contributed by atoms with van der Waals surface area (Å²) in [7, 11) is 1.58. The summed E-state index contributed by atoms with van der Waals surface area (Å²) in [4.78, 5) is 55.5. The second kappa shape index (κ2) is 9.60. The number of likely N-dealkylation sites (N-methyl/N-ethyl adjacent to an activating group) is 1. The monoisotopic (exact) mass is 496 g/mol. The molecule has 1 N–H and O–H groups in total. The lowest BCUT2D eigenvalue weighted by atomic mass is 10.1. The molecule has 1 fully saturated rings. The first-order chi connectivity index (χ1) is 16.9. The Labute approximate surface area is 207 Å². The van der Waals surface area contributed by atoms with Crippen LogP contribution in [0.15, 0.2) is 52.1 Å². The maximum absolute atomic E-state index is 14.7. The highest BCUT2D eigenvalue weighted by Gasteiger charge is 2.34. The standard InChI is InChI=1S/C26H29FN4O5/c1-26(2,3)36-25(35)30-12-11-17(15-30)29(4)23(33)19-13-16(9-10-20(19)27)14-31-21-8-6-5-7-18(21)22(32)28-24(31)34/h5-10,13,17H,11-12,14-15H2,1-4H3,(H,28,32,34). The number of fused-ring (bicyclic) bond motifs is 1. The van der Waals surface area contributed by atoms with E-state index in [0.717, 1.165) is 0 Å². The van der Waals surface area contributed by atoms with E-state index < -0.39 is 34.7 Å². The maximum Gasteiger partial charge on any atom is 0.410 e. The van der Waals surface area contributed by atoms with Gasteiger partial charge in [-0.1, -0.05) is 18.2 Å². The predicted molar refractivity (Wildman–Crippen MR) is 133 cm³/mol. The van der Waals surface area contributed by atoms with Crippen molar-refractivity contribution in [1.29, 1.82) is 0 Å². The molecule has 1 aliphatic rings. The van der Waals surface area contributed by atoms with Crippen LogP contribution in [0.4, 0.5) is 9.18 Å². The molecule has 36 heavy (non-hydrogen) atoms. The summed E-state index contributed by atoms with van der Waals surface area (Å²) in [6.07, 6.45) is 0.0965. The highest BCUT2D eigenvalue weighted by Crippen LogP contribution is 2.21. The molecule has 3 aromatic rings. The molecule has 2 amide bonds. The number of aromatic nitrogens is 2. The quantitative estimate of drug-likeness (QED) is 0.598. The zero-order valence-electron chi connectivity index (χ0n) is 20.7. The van der Waals surface area contributed by atoms with Gasteiger partial charge in [-0.05, 0) is 57.0 Å². The maximum atomic E-state index is 14.7. The van der Waals surface area contributed by atoms with Gasteiger partial charge in [0, 0.05) is 20.1 Å². The van der Waals surface area contributed by atoms with E-state index in [2.05, 4.69) is 4.98 Å². The fraction of sp³-hybridized carbons (Fsp3) is 0.385. The molecule has 2 heterocycles. The summed E-state index contributed by atoms with van der Waals surface area (Å²) < 4.78 is 21.5. The number of carbonyl (C=O) groups excluding carboxylic acids is 2. The van der Waals surface area contributed by atoms with Crippen LogP contribution >= 0.6 is 0 Å². The van der Waals surface area contributed by atoms with Crippen molar-refractivity contribution in [1.82, 2.24) is 19.4 Å². The van der Waals surface area contributed by atoms with E-state index in [4.69, 9.17) is 4.74 Å². The molecule has 0 bridgehead atoms. The van der Waals surface area contributed by atoms with Gasteiger partial charge in [-0.2, -0.15) is 0 Å². The number of aromatic amines is 1. The van der Waals surface area contributed by atoms with Crippen molar-refractivity contribution < 1.29 is 18.7 Å². The second-order valence-corrected chi connectivity index (χ2v) is 9.96. The van der Waals surface area contributed by atoms with E-state index >= 15 is 0 Å². The lowest BCUT2D eigenvalue weighted by Gasteiger charge is -2.27. The largest absolute Gasteiger partial charge is 0.444 e. The zero-order chi connectivity index (χ0) is 26.2. The van der Waals surface area contributed by atoms with E-state index in [9.17, 15) is 23.6 Å². The topological polar surface area (TPSA) is 105 Å². The van der Waals surface area contributed by atoms with Gasteiger partial charge in [-0.15, -0.1) is 0 Å². The summed E-state index contributed by atoms with van der Waals surface area (Å²) >= 11 is 0. The number of amides is 2. The number of halogens is 1. The van der Waals surface area contributed by atoms with Crippen LogP contribution in [-0.2, 0) is 11.3 Å². The third-order valence-electron chi connectivity index (χ3n) is 6.19. The van der Waals surface area contributed by atoms with Gasteiger partial charge in [0.1, 0.15) is 11.4 Å². The van der Waals surface area contributed by atoms with Crippen molar-refractivity contribution in [3.63, 3.8) is 0 Å². The number of rotatable bonds is 4. The minimum absolute atomic E-state index is 0.0379. The Kier molecular flexibility index (Phi) is 6.71. The van der Waals surface area contributed by atoms with E-state index in [1.54, 1.807) is 57.0 Å². The van der Waals surface area contributed by atoms with Gasteiger partial charge in [0.05, 0.1) is 29.1 Å². The fourth-order valence-corrected chi connectivity index (χ4v) is 4.32. The van der Waals surface area contributed by atoms with Crippen LogP contribution in [0.25, 0.3) is 10.9 Å². The Morgan fingerprint density at radius 2 is 1.89 bits per heavy atom. The number of H-pyrrole nitrogens is 1. The fourth-order valence-electron chi connectivity index (χ4n) is 4.32. The average Bonchev–Trinajstić information content (AvgIpc) is 3.31. The summed E-state index contributed by atoms with van der Waals surface area (Å²) in [6.45, 7) is 6.12. The molecule has 0 saturated carbocycles. The SMILES string of the molecule is CN(C(=O)c1cc(Cn2c(=O)[nH]c(=O)c3ccccc32)ccc1F)C1CCN(C(=O)OC(C)(C)C)C1. The molecule has 0 radical (unpaired) electrons. The third-order valence-corrected chi connectivity index (χ3v) is 6.19. The number of likely N-dealkylation sites (tertiary alicyclic amines) is 1. The number of para-hydroxylation sites is 1. The first kappa shape index (κ1) is 25.2. The Morgan fingerprint density at radius 1 is 1.17 bits per heavy atom. The van der Waals surface area contributed by atoms with E-state index in [0.29, 0.717) is 29.4 Å². The highest BCUT2D eigenvalue weighted by atomic mass is 19.1. The summed E-state index contributed by atoms with van der Waals surface area (Å²) in [5.74, 6) is -1.21. The van der Waals surface area contributed by atoms with Crippen molar-refractivity contribution in [2.75, 3.05) is 20.1 Å². The lowest BCUT2D eigenvalue weighted by Crippen LogP contribution is -2.41. The predicted octanol–water partition coefficient (Wildman–Crippen LogP) is 2.96. The van der Waals surface area contributed by atoms with Crippen molar-refractivity contribution in [2.45, 2.75) is 45.4 Å². The molecule has 4 rings (SSSR count). The third kappa shape index (κ3) is 5.17. The molecule has 1 unspecified atom stereocenters. The zero-order valence-corrected chi connectivity index (χ0v) is 20.7. The molecule has 0 spiro atoms. The van der Waals surface area contributed by atoms with Crippen molar-refractivity contribution in [3.8, 4) is 0 Å². The summed E-state index contributed by atoms with van der Waals surface area (Å²) in [5.41, 5.74) is -0.878. The molecule has 10 heteroatoms. The lowest BCUT2D eigenvalue weighted by molar-refractivity contribution is 0.0279. The molecular formula is C26H29FN4O5. The van der Waals surface area contributed by atoms with Gasteiger partial charge in [0.15, 0.2) is 0 Å². The average molecular weight is 497 g/mol. The van der Waals surface area contributed by atoms with Crippen molar-refractivity contribution >= 4 is 22.9 Å². The molecule has 1 aromatic heterocycles. The van der Waals surface area contributed by atoms with Crippen LogP contribution < -0.4 is 11.2 Å². The second-order valence-electron chi connectivity index (χ2n) is 9.96. The van der Waals surface area contributed by atoms with Gasteiger partial charge in [0.25, 0.3) is 11.5 Å². The molecule has 1 atom stereocenters. The Morgan fingerprint density at radius 3 is 2.61 bits per heavy atom. The highest BCUT2D eigenvalue weighted by molar-refractivity contribution is 5.94. The van der Waals surface area contributed by atoms with Crippen LogP contribution in [0.1, 0.15) is 43.1 Å². The number of hydrogen-bond acceptors (Lipinski definition) is 5. The molecule has 190 valence electrons. The minimum atomic E-state index is -0.684. The van der Waals surface area contributed by atoms with Crippen molar-refractivity contribution in [2.24, 2.45) is 0 Å². The van der Waals surface area contributed by atoms with Crippen LogP contribution in [0.5, 0.6) is 0 Å². The number of nitrogens with zero attached hydrogens (tertiary/aromatic N) is 3. The number of nitrogens with one attached hydrogen (secondary N) is 1. The van der Waals surface area contributed by atoms with Gasteiger partial charge in [0.2, 0.25) is 0 Å². The molecular weight excluding hydrogens is 467 g/mol. The molecule has 0 aliphatic carbocycles. The van der Waals surface area contributed by atoms with Crippen LogP contribution in [0.2, 0.25) is 0 Å². The number of carbonyl (C=O) groups is 2.